The summed E-state index contributed by atoms with van der Waals surface area (Å²) in [4.78, 5) is 33.1. The van der Waals surface area contributed by atoms with Crippen molar-refractivity contribution in [2.24, 2.45) is 0 Å². The van der Waals surface area contributed by atoms with Crippen LogP contribution in [0.1, 0.15) is 24.1 Å². The Bertz CT molecular complexity index is 976. The molecule has 30 heavy (non-hydrogen) atoms. The quantitative estimate of drug-likeness (QED) is 0.413. The highest BCUT2D eigenvalue weighted by molar-refractivity contribution is 6.46. The van der Waals surface area contributed by atoms with E-state index in [-0.39, 0.29) is 11.3 Å². The number of aliphatic hydroxyl groups is 1. The highest BCUT2D eigenvalue weighted by Crippen LogP contribution is 2.40. The summed E-state index contributed by atoms with van der Waals surface area (Å²) >= 11 is 6.26. The van der Waals surface area contributed by atoms with Crippen molar-refractivity contribution in [1.29, 1.82) is 0 Å². The molecule has 0 bridgehead atoms. The van der Waals surface area contributed by atoms with Crippen molar-refractivity contribution in [3.63, 3.8) is 0 Å². The number of aromatic nitrogens is 1. The van der Waals surface area contributed by atoms with Gasteiger partial charge in [-0.2, -0.15) is 0 Å². The summed E-state index contributed by atoms with van der Waals surface area (Å²) in [7, 11) is 3.78. The lowest BCUT2D eigenvalue weighted by atomic mass is 9.96. The van der Waals surface area contributed by atoms with E-state index in [0.29, 0.717) is 41.6 Å². The van der Waals surface area contributed by atoms with Crippen LogP contribution >= 0.6 is 11.6 Å². The Morgan fingerprint density at radius 1 is 1.23 bits per heavy atom. The average Bonchev–Trinajstić information content (AvgIpc) is 2.98. The molecular weight excluding hydrogens is 406 g/mol. The fourth-order valence-electron chi connectivity index (χ4n) is 3.39. The monoisotopic (exact) mass is 429 g/mol. The first-order chi connectivity index (χ1) is 14.3. The number of nitrogens with zero attached hydrogens (tertiary/aromatic N) is 3. The molecule has 3 rings (SSSR count). The molecule has 2 heterocycles. The number of pyridine rings is 1. The number of aliphatic hydroxyl groups excluding tert-OH is 1. The summed E-state index contributed by atoms with van der Waals surface area (Å²) < 4.78 is 5.43. The van der Waals surface area contributed by atoms with Crippen LogP contribution in [-0.2, 0) is 9.59 Å². The third kappa shape index (κ3) is 4.32. The smallest absolute Gasteiger partial charge is 0.295 e. The first-order valence-electron chi connectivity index (χ1n) is 9.61. The van der Waals surface area contributed by atoms with Gasteiger partial charge < -0.3 is 19.6 Å². The van der Waals surface area contributed by atoms with E-state index >= 15 is 0 Å². The van der Waals surface area contributed by atoms with Crippen LogP contribution in [0.5, 0.6) is 5.75 Å². The number of rotatable bonds is 7. The zero-order chi connectivity index (χ0) is 21.8. The predicted octanol–water partition coefficient (Wildman–Crippen LogP) is 3.12. The van der Waals surface area contributed by atoms with Crippen molar-refractivity contribution >= 4 is 29.1 Å². The van der Waals surface area contributed by atoms with Gasteiger partial charge in [-0.1, -0.05) is 11.6 Å². The van der Waals surface area contributed by atoms with Gasteiger partial charge in [-0.15, -0.1) is 0 Å². The molecule has 1 aromatic carbocycles. The average molecular weight is 430 g/mol. The minimum Gasteiger partial charge on any atom is -0.507 e. The Morgan fingerprint density at radius 2 is 1.93 bits per heavy atom. The van der Waals surface area contributed by atoms with Crippen LogP contribution in [-0.4, -0.2) is 65.4 Å². The van der Waals surface area contributed by atoms with Crippen LogP contribution in [0.15, 0.2) is 48.3 Å². The van der Waals surface area contributed by atoms with Gasteiger partial charge in [-0.3, -0.25) is 14.6 Å². The van der Waals surface area contributed by atoms with E-state index in [4.69, 9.17) is 16.3 Å². The van der Waals surface area contributed by atoms with E-state index in [9.17, 15) is 14.7 Å². The maximum Gasteiger partial charge on any atom is 0.295 e. The van der Waals surface area contributed by atoms with Gasteiger partial charge in [0.15, 0.2) is 0 Å². The lowest BCUT2D eigenvalue weighted by molar-refractivity contribution is -0.140. The number of likely N-dealkylation sites (N-methyl/N-ethyl adjacent to an activating group) is 1. The molecule has 1 atom stereocenters. The topological polar surface area (TPSA) is 83.0 Å². The van der Waals surface area contributed by atoms with Crippen molar-refractivity contribution in [2.45, 2.75) is 13.0 Å². The van der Waals surface area contributed by atoms with E-state index in [0.717, 1.165) is 0 Å². The molecule has 0 aliphatic carbocycles. The second-order valence-electron chi connectivity index (χ2n) is 7.15. The summed E-state index contributed by atoms with van der Waals surface area (Å²) in [5.74, 6) is -1.16. The number of carbonyl (C=O) groups is 2. The molecule has 1 saturated heterocycles. The summed E-state index contributed by atoms with van der Waals surface area (Å²) in [6.45, 7) is 3.20. The fourth-order valence-corrected chi connectivity index (χ4v) is 3.62. The van der Waals surface area contributed by atoms with Gasteiger partial charge in [0.05, 0.1) is 23.2 Å². The van der Waals surface area contributed by atoms with E-state index in [1.165, 1.54) is 11.0 Å². The molecule has 0 unspecified atom stereocenters. The summed E-state index contributed by atoms with van der Waals surface area (Å²) in [6, 6.07) is 7.53. The second kappa shape index (κ2) is 9.28. The van der Waals surface area contributed by atoms with Crippen molar-refractivity contribution in [1.82, 2.24) is 14.8 Å². The van der Waals surface area contributed by atoms with Crippen LogP contribution in [0, 0.1) is 0 Å². The summed E-state index contributed by atoms with van der Waals surface area (Å²) in [6.07, 6.45) is 3.18. The maximum atomic E-state index is 12.9. The van der Waals surface area contributed by atoms with Crippen molar-refractivity contribution < 1.29 is 19.4 Å². The highest BCUT2D eigenvalue weighted by Gasteiger charge is 2.45. The molecule has 1 N–H and O–H groups in total. The van der Waals surface area contributed by atoms with Crippen LogP contribution in [0.25, 0.3) is 5.76 Å². The molecule has 1 amide bonds. The summed E-state index contributed by atoms with van der Waals surface area (Å²) in [5, 5.41) is 11.3. The molecule has 0 spiro atoms. The Labute approximate surface area is 180 Å². The number of benzene rings is 1. The van der Waals surface area contributed by atoms with Gasteiger partial charge in [-0.25, -0.2) is 0 Å². The lowest BCUT2D eigenvalue weighted by Gasteiger charge is -2.26. The van der Waals surface area contributed by atoms with E-state index < -0.39 is 17.7 Å². The molecular formula is C22H24ClN3O4. The molecule has 1 aliphatic rings. The first-order valence-corrected chi connectivity index (χ1v) is 9.98. The zero-order valence-electron chi connectivity index (χ0n) is 17.1. The van der Waals surface area contributed by atoms with Gasteiger partial charge in [0.1, 0.15) is 11.5 Å². The first kappa shape index (κ1) is 21.8. The SMILES string of the molecule is CCOc1ccc(/C(O)=C2\C(=O)C(=O)N(CCN(C)C)[C@H]2c2ccncc2)cc1Cl. The number of hydrogen-bond donors (Lipinski definition) is 1. The number of carbonyl (C=O) groups excluding carboxylic acids is 2. The standard InChI is InChI=1S/C22H24ClN3O4/c1-4-30-17-6-5-15(13-16(17)23)20(27)18-19(14-7-9-24-10-8-14)26(12-11-25(2)3)22(29)21(18)28/h5-10,13,19,27H,4,11-12H2,1-3H3/b20-18+/t19-/m0/s1. The minimum absolute atomic E-state index is 0.0326. The van der Waals surface area contributed by atoms with Crippen LogP contribution in [0.2, 0.25) is 5.02 Å². The number of ether oxygens (including phenoxy) is 1. The van der Waals surface area contributed by atoms with Crippen LogP contribution < -0.4 is 4.74 Å². The fraction of sp³-hybridized carbons (Fsp3) is 0.318. The number of likely N-dealkylation sites (tertiary alicyclic amines) is 1. The number of amides is 1. The van der Waals surface area contributed by atoms with Crippen LogP contribution in [0.4, 0.5) is 0 Å². The normalized spacial score (nSPS) is 18.3. The van der Waals surface area contributed by atoms with Crippen molar-refractivity contribution in [2.75, 3.05) is 33.8 Å². The number of hydrogen-bond acceptors (Lipinski definition) is 6. The molecule has 0 saturated carbocycles. The maximum absolute atomic E-state index is 12.9. The minimum atomic E-state index is -0.724. The number of Topliss-reactive ketones (excluding diaryl/α,β-unsaturated/α-hetero) is 1. The molecule has 8 heteroatoms. The van der Waals surface area contributed by atoms with E-state index in [1.54, 1.807) is 36.7 Å². The van der Waals surface area contributed by atoms with Gasteiger partial charge in [0.2, 0.25) is 0 Å². The van der Waals surface area contributed by atoms with Crippen molar-refractivity contribution in [3.05, 3.63) is 64.4 Å². The summed E-state index contributed by atoms with van der Waals surface area (Å²) in [5.41, 5.74) is 1.07. The Morgan fingerprint density at radius 3 is 2.53 bits per heavy atom. The molecule has 7 nitrogen and oxygen atoms in total. The van der Waals surface area contributed by atoms with Crippen molar-refractivity contribution in [3.8, 4) is 5.75 Å². The Balaban J connectivity index is 2.10. The second-order valence-corrected chi connectivity index (χ2v) is 7.56. The number of halogens is 1. The van der Waals surface area contributed by atoms with Gasteiger partial charge in [0, 0.05) is 31.0 Å². The lowest BCUT2D eigenvalue weighted by Crippen LogP contribution is -2.35. The Kier molecular flexibility index (Phi) is 6.74. The molecule has 1 aliphatic heterocycles. The van der Waals surface area contributed by atoms with Gasteiger partial charge in [-0.05, 0) is 56.9 Å². The third-order valence-electron chi connectivity index (χ3n) is 4.86. The van der Waals surface area contributed by atoms with E-state index in [2.05, 4.69) is 4.98 Å². The zero-order valence-corrected chi connectivity index (χ0v) is 17.9. The number of ketones is 1. The molecule has 1 aromatic heterocycles. The molecule has 158 valence electrons. The van der Waals surface area contributed by atoms with Crippen LogP contribution in [0.3, 0.4) is 0 Å². The molecule has 0 radical (unpaired) electrons. The molecule has 2 aromatic rings. The third-order valence-corrected chi connectivity index (χ3v) is 5.15. The van der Waals surface area contributed by atoms with E-state index in [1.807, 2.05) is 25.9 Å². The highest BCUT2D eigenvalue weighted by atomic mass is 35.5. The molecule has 1 fully saturated rings. The predicted molar refractivity (Wildman–Crippen MR) is 114 cm³/mol. The Hall–Kier alpha value is -2.90. The van der Waals surface area contributed by atoms with Gasteiger partial charge in [0.25, 0.3) is 11.7 Å². The van der Waals surface area contributed by atoms with Gasteiger partial charge >= 0.3 is 0 Å². The largest absolute Gasteiger partial charge is 0.507 e.